The fourth-order valence-corrected chi connectivity index (χ4v) is 4.78. The molecule has 0 amide bonds. The van der Waals surface area contributed by atoms with Gasteiger partial charge in [0.25, 0.3) is 0 Å². The summed E-state index contributed by atoms with van der Waals surface area (Å²) in [6.07, 6.45) is 2.50. The molecule has 1 N–H and O–H groups in total. The fraction of sp³-hybridized carbons (Fsp3) is 0.632. The van der Waals surface area contributed by atoms with Gasteiger partial charge >= 0.3 is 0 Å². The highest BCUT2D eigenvalue weighted by molar-refractivity contribution is 8.00. The van der Waals surface area contributed by atoms with Crippen LogP contribution in [0.5, 0.6) is 0 Å². The number of hydrogen-bond donors (Lipinski definition) is 1. The van der Waals surface area contributed by atoms with Crippen molar-refractivity contribution in [3.8, 4) is 0 Å². The van der Waals surface area contributed by atoms with Crippen LogP contribution in [0.3, 0.4) is 0 Å². The maximum Gasteiger partial charge on any atom is 0.193 e. The SMILES string of the molecule is CCC1CN(C(=NC)NCC2CCN(c3ccccc3)C2)CCS1. The molecule has 1 aromatic carbocycles. The second kappa shape index (κ2) is 8.65. The summed E-state index contributed by atoms with van der Waals surface area (Å²) in [6, 6.07) is 10.8. The number of nitrogens with zero attached hydrogens (tertiary/aromatic N) is 3. The highest BCUT2D eigenvalue weighted by atomic mass is 32.2. The fourth-order valence-electron chi connectivity index (χ4n) is 3.60. The molecule has 0 aromatic heterocycles. The molecule has 0 saturated carbocycles. The van der Waals surface area contributed by atoms with Gasteiger partial charge in [0.1, 0.15) is 0 Å². The van der Waals surface area contributed by atoms with Crippen LogP contribution in [0.15, 0.2) is 35.3 Å². The predicted octanol–water partition coefficient (Wildman–Crippen LogP) is 2.92. The first-order valence-electron chi connectivity index (χ1n) is 9.17. The van der Waals surface area contributed by atoms with Gasteiger partial charge in [0.05, 0.1) is 0 Å². The van der Waals surface area contributed by atoms with Gasteiger partial charge in [-0.3, -0.25) is 4.99 Å². The van der Waals surface area contributed by atoms with Gasteiger partial charge in [0.2, 0.25) is 0 Å². The highest BCUT2D eigenvalue weighted by Crippen LogP contribution is 2.24. The molecule has 2 aliphatic rings. The molecular weight excluding hydrogens is 316 g/mol. The van der Waals surface area contributed by atoms with Crippen LogP contribution in [0.2, 0.25) is 0 Å². The Morgan fingerprint density at radius 2 is 2.08 bits per heavy atom. The maximum atomic E-state index is 4.53. The lowest BCUT2D eigenvalue weighted by atomic mass is 10.1. The molecule has 24 heavy (non-hydrogen) atoms. The number of anilines is 1. The van der Waals surface area contributed by atoms with E-state index in [1.165, 1.54) is 24.3 Å². The molecular formula is C19H30N4S. The number of rotatable bonds is 4. The lowest BCUT2D eigenvalue weighted by molar-refractivity contribution is 0.402. The van der Waals surface area contributed by atoms with Crippen LogP contribution < -0.4 is 10.2 Å². The largest absolute Gasteiger partial charge is 0.371 e. The minimum Gasteiger partial charge on any atom is -0.371 e. The van der Waals surface area contributed by atoms with Crippen molar-refractivity contribution in [2.75, 3.05) is 50.4 Å². The van der Waals surface area contributed by atoms with E-state index in [1.54, 1.807) is 0 Å². The van der Waals surface area contributed by atoms with Gasteiger partial charge < -0.3 is 15.1 Å². The number of aliphatic imine (C=N–C) groups is 1. The summed E-state index contributed by atoms with van der Waals surface area (Å²) >= 11 is 2.11. The van der Waals surface area contributed by atoms with Gasteiger partial charge in [-0.2, -0.15) is 11.8 Å². The summed E-state index contributed by atoms with van der Waals surface area (Å²) in [5.74, 6) is 3.00. The third-order valence-corrected chi connectivity index (χ3v) is 6.43. The van der Waals surface area contributed by atoms with Crippen LogP contribution >= 0.6 is 11.8 Å². The Morgan fingerprint density at radius 1 is 1.25 bits per heavy atom. The molecule has 2 saturated heterocycles. The van der Waals surface area contributed by atoms with Crippen molar-refractivity contribution in [1.29, 1.82) is 0 Å². The second-order valence-corrected chi connectivity index (χ2v) is 8.12. The molecule has 2 unspecified atom stereocenters. The van der Waals surface area contributed by atoms with Crippen molar-refractivity contribution >= 4 is 23.4 Å². The Morgan fingerprint density at radius 3 is 2.83 bits per heavy atom. The molecule has 0 bridgehead atoms. The summed E-state index contributed by atoms with van der Waals surface area (Å²) < 4.78 is 0. The average molecular weight is 347 g/mol. The van der Waals surface area contributed by atoms with Crippen molar-refractivity contribution in [3.63, 3.8) is 0 Å². The van der Waals surface area contributed by atoms with Gasteiger partial charge in [-0.25, -0.2) is 0 Å². The molecule has 4 nitrogen and oxygen atoms in total. The van der Waals surface area contributed by atoms with Crippen molar-refractivity contribution in [2.24, 2.45) is 10.9 Å². The van der Waals surface area contributed by atoms with Crippen LogP contribution in [-0.4, -0.2) is 61.6 Å². The quantitative estimate of drug-likeness (QED) is 0.671. The number of hydrogen-bond acceptors (Lipinski definition) is 3. The van der Waals surface area contributed by atoms with Gasteiger partial charge in [-0.15, -0.1) is 0 Å². The molecule has 0 spiro atoms. The van der Waals surface area contributed by atoms with E-state index in [1.807, 2.05) is 7.05 Å². The van der Waals surface area contributed by atoms with E-state index in [2.05, 4.69) is 69.1 Å². The Labute approximate surface area is 150 Å². The number of nitrogens with one attached hydrogen (secondary N) is 1. The first-order chi connectivity index (χ1) is 11.8. The normalized spacial score (nSPS) is 25.2. The van der Waals surface area contributed by atoms with Crippen LogP contribution in [0, 0.1) is 5.92 Å². The van der Waals surface area contributed by atoms with E-state index in [9.17, 15) is 0 Å². The van der Waals surface area contributed by atoms with Crippen molar-refractivity contribution in [3.05, 3.63) is 30.3 Å². The molecule has 2 atom stereocenters. The van der Waals surface area contributed by atoms with E-state index >= 15 is 0 Å². The molecule has 3 rings (SSSR count). The zero-order valence-corrected chi connectivity index (χ0v) is 15.8. The molecule has 2 aliphatic heterocycles. The topological polar surface area (TPSA) is 30.9 Å². The number of guanidine groups is 1. The third-order valence-electron chi connectivity index (χ3n) is 5.06. The Kier molecular flexibility index (Phi) is 6.30. The Balaban J connectivity index is 1.48. The molecule has 132 valence electrons. The van der Waals surface area contributed by atoms with Gasteiger partial charge in [-0.1, -0.05) is 25.1 Å². The second-order valence-electron chi connectivity index (χ2n) is 6.71. The summed E-state index contributed by atoms with van der Waals surface area (Å²) in [5, 5.41) is 4.39. The predicted molar refractivity (Wildman–Crippen MR) is 106 cm³/mol. The minimum absolute atomic E-state index is 0.697. The maximum absolute atomic E-state index is 4.53. The summed E-state index contributed by atoms with van der Waals surface area (Å²) in [6.45, 7) is 7.85. The van der Waals surface area contributed by atoms with Crippen molar-refractivity contribution in [2.45, 2.75) is 25.0 Å². The number of thioether (sulfide) groups is 1. The molecule has 0 aliphatic carbocycles. The zero-order chi connectivity index (χ0) is 16.8. The average Bonchev–Trinajstić information content (AvgIpc) is 3.12. The molecule has 2 heterocycles. The van der Waals surface area contributed by atoms with Gasteiger partial charge in [0, 0.05) is 56.5 Å². The standard InChI is InChI=1S/C19H30N4S/c1-3-18-15-23(11-12-24-18)19(20-2)21-13-16-9-10-22(14-16)17-7-5-4-6-8-17/h4-8,16,18H,3,9-15H2,1-2H3,(H,20,21). The monoisotopic (exact) mass is 346 g/mol. The Hall–Kier alpha value is -1.36. The molecule has 2 fully saturated rings. The van der Waals surface area contributed by atoms with E-state index < -0.39 is 0 Å². The number of para-hydroxylation sites is 1. The first kappa shape index (κ1) is 17.5. The van der Waals surface area contributed by atoms with Crippen molar-refractivity contribution in [1.82, 2.24) is 10.2 Å². The summed E-state index contributed by atoms with van der Waals surface area (Å²) in [7, 11) is 1.91. The first-order valence-corrected chi connectivity index (χ1v) is 10.2. The molecule has 1 aromatic rings. The van der Waals surface area contributed by atoms with Crippen LogP contribution in [0.1, 0.15) is 19.8 Å². The third kappa shape index (κ3) is 4.38. The lowest BCUT2D eigenvalue weighted by Gasteiger charge is -2.34. The van der Waals surface area contributed by atoms with E-state index in [4.69, 9.17) is 0 Å². The molecule has 5 heteroatoms. The minimum atomic E-state index is 0.697. The smallest absolute Gasteiger partial charge is 0.193 e. The molecule has 0 radical (unpaired) electrons. The van der Waals surface area contributed by atoms with Gasteiger partial charge in [-0.05, 0) is 30.9 Å². The van der Waals surface area contributed by atoms with Crippen LogP contribution in [0.25, 0.3) is 0 Å². The highest BCUT2D eigenvalue weighted by Gasteiger charge is 2.25. The van der Waals surface area contributed by atoms with E-state index in [0.717, 1.165) is 43.9 Å². The Bertz CT molecular complexity index is 533. The zero-order valence-electron chi connectivity index (χ0n) is 14.9. The lowest BCUT2D eigenvalue weighted by Crippen LogP contribution is -2.49. The summed E-state index contributed by atoms with van der Waals surface area (Å²) in [4.78, 5) is 9.47. The van der Waals surface area contributed by atoms with Crippen LogP contribution in [-0.2, 0) is 0 Å². The van der Waals surface area contributed by atoms with Crippen molar-refractivity contribution < 1.29 is 0 Å². The van der Waals surface area contributed by atoms with E-state index in [0.29, 0.717) is 5.92 Å². The van der Waals surface area contributed by atoms with E-state index in [-0.39, 0.29) is 0 Å². The number of benzene rings is 1. The van der Waals surface area contributed by atoms with Crippen LogP contribution in [0.4, 0.5) is 5.69 Å². The van der Waals surface area contributed by atoms with Gasteiger partial charge in [0.15, 0.2) is 5.96 Å². The summed E-state index contributed by atoms with van der Waals surface area (Å²) in [5.41, 5.74) is 1.35.